The maximum Gasteiger partial charge on any atom is 0.272 e. The fraction of sp³-hybridized carbons (Fsp3) is 0.458. The van der Waals surface area contributed by atoms with Crippen LogP contribution in [0.2, 0.25) is 0 Å². The molecular weight excluding hydrogens is 410 g/mol. The summed E-state index contributed by atoms with van der Waals surface area (Å²) in [4.78, 5) is 31.5. The average Bonchev–Trinajstić information content (AvgIpc) is 2.82. The van der Waals surface area contributed by atoms with Gasteiger partial charge in [0.2, 0.25) is 5.75 Å². The van der Waals surface area contributed by atoms with Crippen LogP contribution in [0.4, 0.5) is 0 Å². The third-order valence-electron chi connectivity index (χ3n) is 5.17. The number of benzene rings is 1. The molecule has 0 atom stereocenters. The van der Waals surface area contributed by atoms with Gasteiger partial charge in [0.05, 0.1) is 19.8 Å². The predicted molar refractivity (Wildman–Crippen MR) is 121 cm³/mol. The van der Waals surface area contributed by atoms with Gasteiger partial charge >= 0.3 is 0 Å². The molecule has 1 fully saturated rings. The number of rotatable bonds is 9. The van der Waals surface area contributed by atoms with Gasteiger partial charge in [-0.05, 0) is 57.9 Å². The molecule has 3 rings (SSSR count). The van der Waals surface area contributed by atoms with E-state index in [9.17, 15) is 9.59 Å². The summed E-state index contributed by atoms with van der Waals surface area (Å²) in [6.45, 7) is 8.12. The first kappa shape index (κ1) is 23.4. The van der Waals surface area contributed by atoms with Crippen molar-refractivity contribution in [1.29, 1.82) is 0 Å². The molecule has 8 heteroatoms. The number of pyridine rings is 1. The lowest BCUT2D eigenvalue weighted by atomic mass is 10.0. The Balaban J connectivity index is 1.66. The minimum absolute atomic E-state index is 0.0204. The van der Waals surface area contributed by atoms with Gasteiger partial charge in [-0.2, -0.15) is 0 Å². The first-order chi connectivity index (χ1) is 15.6. The van der Waals surface area contributed by atoms with Crippen molar-refractivity contribution >= 4 is 11.8 Å². The molecule has 1 saturated heterocycles. The lowest BCUT2D eigenvalue weighted by Gasteiger charge is -2.32. The van der Waals surface area contributed by atoms with Gasteiger partial charge in [-0.15, -0.1) is 0 Å². The molecule has 0 spiro atoms. The zero-order valence-corrected chi connectivity index (χ0v) is 18.9. The Bertz CT molecular complexity index is 884. The van der Waals surface area contributed by atoms with E-state index in [2.05, 4.69) is 10.3 Å². The minimum Gasteiger partial charge on any atom is -0.490 e. The molecule has 172 valence electrons. The van der Waals surface area contributed by atoms with E-state index < -0.39 is 0 Å². The van der Waals surface area contributed by atoms with Crippen LogP contribution in [0.1, 0.15) is 54.5 Å². The van der Waals surface area contributed by atoms with E-state index in [1.165, 1.54) is 0 Å². The molecule has 0 bridgehead atoms. The second kappa shape index (κ2) is 11.4. The molecule has 1 aliphatic heterocycles. The number of carbonyl (C=O) groups excluding carboxylic acids is 2. The lowest BCUT2D eigenvalue weighted by Crippen LogP contribution is -2.46. The van der Waals surface area contributed by atoms with E-state index >= 15 is 0 Å². The normalized spacial score (nSPS) is 14.0. The van der Waals surface area contributed by atoms with Crippen molar-refractivity contribution in [3.63, 3.8) is 0 Å². The summed E-state index contributed by atoms with van der Waals surface area (Å²) in [6.07, 6.45) is 2.97. The highest BCUT2D eigenvalue weighted by molar-refractivity contribution is 5.96. The molecule has 2 aromatic rings. The molecule has 1 aliphatic rings. The fourth-order valence-corrected chi connectivity index (χ4v) is 3.67. The van der Waals surface area contributed by atoms with Crippen molar-refractivity contribution in [3.05, 3.63) is 47.8 Å². The Morgan fingerprint density at radius 1 is 1.00 bits per heavy atom. The van der Waals surface area contributed by atoms with Crippen LogP contribution in [0.3, 0.4) is 0 Å². The molecule has 1 N–H and O–H groups in total. The van der Waals surface area contributed by atoms with E-state index in [4.69, 9.17) is 14.2 Å². The third-order valence-corrected chi connectivity index (χ3v) is 5.17. The van der Waals surface area contributed by atoms with Crippen LogP contribution in [-0.2, 0) is 0 Å². The van der Waals surface area contributed by atoms with Crippen molar-refractivity contribution < 1.29 is 23.8 Å². The van der Waals surface area contributed by atoms with Gasteiger partial charge in [-0.3, -0.25) is 14.6 Å². The Labute approximate surface area is 188 Å². The molecule has 8 nitrogen and oxygen atoms in total. The topological polar surface area (TPSA) is 90.0 Å². The van der Waals surface area contributed by atoms with Crippen molar-refractivity contribution in [1.82, 2.24) is 15.2 Å². The highest BCUT2D eigenvalue weighted by atomic mass is 16.5. The SMILES string of the molecule is CCOc1cc(C(=O)NC2CCN(C(=O)c3ccccn3)CC2)cc(OCC)c1OCC. The summed E-state index contributed by atoms with van der Waals surface area (Å²) in [6, 6.07) is 8.66. The largest absolute Gasteiger partial charge is 0.490 e. The Morgan fingerprint density at radius 2 is 1.62 bits per heavy atom. The monoisotopic (exact) mass is 441 g/mol. The molecule has 0 saturated carbocycles. The van der Waals surface area contributed by atoms with E-state index in [-0.39, 0.29) is 17.9 Å². The minimum atomic E-state index is -0.204. The van der Waals surface area contributed by atoms with E-state index in [1.807, 2.05) is 20.8 Å². The van der Waals surface area contributed by atoms with Crippen LogP contribution in [0.25, 0.3) is 0 Å². The number of aromatic nitrogens is 1. The smallest absolute Gasteiger partial charge is 0.272 e. The van der Waals surface area contributed by atoms with Crippen molar-refractivity contribution in [2.45, 2.75) is 39.7 Å². The summed E-state index contributed by atoms with van der Waals surface area (Å²) in [5.74, 6) is 1.20. The average molecular weight is 442 g/mol. The molecule has 0 unspecified atom stereocenters. The standard InChI is InChI=1S/C24H31N3O5/c1-4-30-20-15-17(16-21(31-5-2)22(20)32-6-3)23(28)26-18-10-13-27(14-11-18)24(29)19-9-7-8-12-25-19/h7-9,12,15-16,18H,4-6,10-11,13-14H2,1-3H3,(H,26,28). The number of nitrogens with one attached hydrogen (secondary N) is 1. The summed E-state index contributed by atoms with van der Waals surface area (Å²) in [5.41, 5.74) is 0.892. The summed E-state index contributed by atoms with van der Waals surface area (Å²) < 4.78 is 17.1. The van der Waals surface area contributed by atoms with E-state index in [0.29, 0.717) is 74.3 Å². The third kappa shape index (κ3) is 5.69. The van der Waals surface area contributed by atoms with Crippen molar-refractivity contribution in [2.24, 2.45) is 0 Å². The van der Waals surface area contributed by atoms with Gasteiger partial charge in [-0.1, -0.05) is 6.07 Å². The van der Waals surface area contributed by atoms with Crippen LogP contribution in [-0.4, -0.2) is 60.7 Å². The number of hydrogen-bond acceptors (Lipinski definition) is 6. The van der Waals surface area contributed by atoms with Gasteiger partial charge in [0.1, 0.15) is 5.69 Å². The Kier molecular flexibility index (Phi) is 8.30. The quantitative estimate of drug-likeness (QED) is 0.642. The number of nitrogens with zero attached hydrogens (tertiary/aromatic N) is 2. The number of amides is 2. The van der Waals surface area contributed by atoms with Crippen LogP contribution in [0.5, 0.6) is 17.2 Å². The molecule has 2 heterocycles. The van der Waals surface area contributed by atoms with Gasteiger partial charge in [0, 0.05) is 30.9 Å². The zero-order valence-electron chi connectivity index (χ0n) is 18.9. The van der Waals surface area contributed by atoms with E-state index in [0.717, 1.165) is 0 Å². The zero-order chi connectivity index (χ0) is 22.9. The molecule has 0 radical (unpaired) electrons. The van der Waals surface area contributed by atoms with Crippen molar-refractivity contribution in [3.8, 4) is 17.2 Å². The summed E-state index contributed by atoms with van der Waals surface area (Å²) >= 11 is 0. The van der Waals surface area contributed by atoms with Crippen molar-refractivity contribution in [2.75, 3.05) is 32.9 Å². The Hall–Kier alpha value is -3.29. The van der Waals surface area contributed by atoms with Crippen LogP contribution < -0.4 is 19.5 Å². The highest BCUT2D eigenvalue weighted by Gasteiger charge is 2.26. The first-order valence-electron chi connectivity index (χ1n) is 11.1. The van der Waals surface area contributed by atoms with Gasteiger partial charge in [-0.25, -0.2) is 0 Å². The molecular formula is C24H31N3O5. The molecule has 32 heavy (non-hydrogen) atoms. The molecule has 0 aliphatic carbocycles. The Morgan fingerprint density at radius 3 is 2.16 bits per heavy atom. The van der Waals surface area contributed by atoms with Crippen LogP contribution in [0, 0.1) is 0 Å². The maximum atomic E-state index is 13.0. The molecule has 1 aromatic carbocycles. The maximum absolute atomic E-state index is 13.0. The molecule has 1 aromatic heterocycles. The fourth-order valence-electron chi connectivity index (χ4n) is 3.67. The predicted octanol–water partition coefficient (Wildman–Crippen LogP) is 3.31. The van der Waals surface area contributed by atoms with Gasteiger partial charge in [0.25, 0.3) is 11.8 Å². The molecule has 2 amide bonds. The second-order valence-electron chi connectivity index (χ2n) is 7.36. The summed E-state index contributed by atoms with van der Waals surface area (Å²) in [7, 11) is 0. The van der Waals surface area contributed by atoms with Gasteiger partial charge in [0.15, 0.2) is 11.5 Å². The number of likely N-dealkylation sites (tertiary alicyclic amines) is 1. The number of piperidine rings is 1. The van der Waals surface area contributed by atoms with E-state index in [1.54, 1.807) is 41.4 Å². The second-order valence-corrected chi connectivity index (χ2v) is 7.36. The first-order valence-corrected chi connectivity index (χ1v) is 11.1. The number of ether oxygens (including phenoxy) is 3. The summed E-state index contributed by atoms with van der Waals surface area (Å²) in [5, 5.41) is 3.08. The van der Waals surface area contributed by atoms with Gasteiger partial charge < -0.3 is 24.4 Å². The number of hydrogen-bond donors (Lipinski definition) is 1. The highest BCUT2D eigenvalue weighted by Crippen LogP contribution is 2.39. The lowest BCUT2D eigenvalue weighted by molar-refractivity contribution is 0.0692. The van der Waals surface area contributed by atoms with Crippen LogP contribution >= 0.6 is 0 Å². The number of carbonyl (C=O) groups is 2. The van der Waals surface area contributed by atoms with Crippen LogP contribution in [0.15, 0.2) is 36.5 Å².